The molecule has 0 saturated heterocycles. The van der Waals surface area contributed by atoms with Gasteiger partial charge in [0.15, 0.2) is 0 Å². The predicted molar refractivity (Wildman–Crippen MR) is 129 cm³/mol. The molecule has 3 N–H and O–H groups in total. The molecule has 180 valence electrons. The quantitative estimate of drug-likeness (QED) is 0.191. The van der Waals surface area contributed by atoms with Gasteiger partial charge < -0.3 is 25.3 Å². The molecule has 0 fully saturated rings. The van der Waals surface area contributed by atoms with Crippen LogP contribution in [0.15, 0.2) is 65.8 Å². The molecule has 0 bridgehead atoms. The zero-order valence-electron chi connectivity index (χ0n) is 19.5. The van der Waals surface area contributed by atoms with E-state index in [1.54, 1.807) is 13.8 Å². The zero-order chi connectivity index (χ0) is 24.2. The molecule has 0 unspecified atom stereocenters. The summed E-state index contributed by atoms with van der Waals surface area (Å²) >= 11 is 0. The van der Waals surface area contributed by atoms with Crippen molar-refractivity contribution in [2.75, 3.05) is 26.3 Å². The van der Waals surface area contributed by atoms with Gasteiger partial charge in [-0.15, -0.1) is 0 Å². The maximum absolute atomic E-state index is 10.9. The summed E-state index contributed by atoms with van der Waals surface area (Å²) in [6.07, 6.45) is 3.13. The Hall–Kier alpha value is -3.55. The zero-order valence-corrected chi connectivity index (χ0v) is 19.5. The van der Waals surface area contributed by atoms with Crippen molar-refractivity contribution in [3.05, 3.63) is 71.8 Å². The van der Waals surface area contributed by atoms with E-state index >= 15 is 0 Å². The van der Waals surface area contributed by atoms with E-state index in [-0.39, 0.29) is 12.2 Å². The van der Waals surface area contributed by atoms with E-state index in [0.717, 1.165) is 36.8 Å². The van der Waals surface area contributed by atoms with E-state index in [0.29, 0.717) is 32.0 Å². The van der Waals surface area contributed by atoms with Crippen LogP contribution in [0.3, 0.4) is 0 Å². The highest BCUT2D eigenvalue weighted by Crippen LogP contribution is 2.10. The molecule has 8 nitrogen and oxygen atoms in total. The summed E-state index contributed by atoms with van der Waals surface area (Å²) in [5.41, 5.74) is 2.41. The molecule has 0 heterocycles. The fraction of sp³-hybridized carbons (Fsp3) is 0.400. The minimum atomic E-state index is -0.360. The summed E-state index contributed by atoms with van der Waals surface area (Å²) in [7, 11) is 0. The lowest BCUT2D eigenvalue weighted by atomic mass is 10.0. The second kappa shape index (κ2) is 18.1. The number of carbonyl (C=O) groups excluding carboxylic acids is 2. The molecule has 0 aromatic heterocycles. The lowest BCUT2D eigenvalue weighted by Gasteiger charge is -2.06. The molecule has 0 spiro atoms. The molecular weight excluding hydrogens is 422 g/mol. The van der Waals surface area contributed by atoms with Crippen LogP contribution in [0.5, 0.6) is 0 Å². The van der Waals surface area contributed by atoms with Gasteiger partial charge in [-0.3, -0.25) is 0 Å². The molecule has 0 aliphatic heterocycles. The van der Waals surface area contributed by atoms with E-state index in [4.69, 9.17) is 14.7 Å². The second-order valence-corrected chi connectivity index (χ2v) is 6.89. The highest BCUT2D eigenvalue weighted by molar-refractivity contribution is 6.12. The van der Waals surface area contributed by atoms with Crippen LogP contribution >= 0.6 is 0 Å². The number of nitrogens with zero attached hydrogens (tertiary/aromatic N) is 1. The van der Waals surface area contributed by atoms with E-state index in [1.807, 2.05) is 60.7 Å². The summed E-state index contributed by atoms with van der Waals surface area (Å²) in [6, 6.07) is 19.2. The van der Waals surface area contributed by atoms with Gasteiger partial charge in [-0.1, -0.05) is 78.7 Å². The smallest absolute Gasteiger partial charge is 0.407 e. The molecule has 8 heteroatoms. The van der Waals surface area contributed by atoms with Crippen molar-refractivity contribution >= 4 is 17.9 Å². The van der Waals surface area contributed by atoms with Gasteiger partial charge in [0.1, 0.15) is 5.71 Å². The third-order valence-electron chi connectivity index (χ3n) is 4.39. The Kier molecular flexibility index (Phi) is 15.0. The summed E-state index contributed by atoms with van der Waals surface area (Å²) in [4.78, 5) is 21.8. The standard InChI is InChI=1S/C13H11NO.C12H24N2O4/c15-14-13(11-7-3-1-4-8-11)12-9-5-2-6-10-12;1-3-17-11(15)13-9-7-5-6-8-10-14-12(16)18-4-2/h1-10,15H;3-10H2,1-2H3,(H,13,15)(H,14,16). The Morgan fingerprint density at radius 1 is 0.727 bits per heavy atom. The number of amides is 2. The molecule has 0 atom stereocenters. The van der Waals surface area contributed by atoms with Gasteiger partial charge in [-0.05, 0) is 26.7 Å². The number of rotatable bonds is 11. The van der Waals surface area contributed by atoms with Crippen LogP contribution in [-0.4, -0.2) is 49.4 Å². The average molecular weight is 458 g/mol. The second-order valence-electron chi connectivity index (χ2n) is 6.89. The van der Waals surface area contributed by atoms with Crippen molar-refractivity contribution in [1.82, 2.24) is 10.6 Å². The van der Waals surface area contributed by atoms with Crippen LogP contribution in [0.25, 0.3) is 0 Å². The predicted octanol–water partition coefficient (Wildman–Crippen LogP) is 4.95. The molecular formula is C25H35N3O5. The Labute approximate surface area is 196 Å². The van der Waals surface area contributed by atoms with Crippen LogP contribution in [0.2, 0.25) is 0 Å². The van der Waals surface area contributed by atoms with E-state index in [9.17, 15) is 9.59 Å². The Morgan fingerprint density at radius 2 is 1.12 bits per heavy atom. The highest BCUT2D eigenvalue weighted by atomic mass is 16.6. The largest absolute Gasteiger partial charge is 0.450 e. The Balaban J connectivity index is 0.000000334. The Bertz CT molecular complexity index is 748. The first-order valence-corrected chi connectivity index (χ1v) is 11.3. The van der Waals surface area contributed by atoms with Crippen molar-refractivity contribution < 1.29 is 24.3 Å². The van der Waals surface area contributed by atoms with E-state index in [2.05, 4.69) is 15.8 Å². The van der Waals surface area contributed by atoms with Gasteiger partial charge in [0.25, 0.3) is 0 Å². The molecule has 33 heavy (non-hydrogen) atoms. The lowest BCUT2D eigenvalue weighted by Crippen LogP contribution is -2.26. The van der Waals surface area contributed by atoms with Crippen molar-refractivity contribution in [1.29, 1.82) is 0 Å². The summed E-state index contributed by atoms with van der Waals surface area (Å²) in [6.45, 7) is 5.59. The Morgan fingerprint density at radius 3 is 1.45 bits per heavy atom. The van der Waals surface area contributed by atoms with Crippen molar-refractivity contribution in [2.24, 2.45) is 5.16 Å². The van der Waals surface area contributed by atoms with Crippen LogP contribution in [-0.2, 0) is 9.47 Å². The first-order chi connectivity index (χ1) is 16.1. The number of nitrogens with one attached hydrogen (secondary N) is 2. The number of hydrogen-bond donors (Lipinski definition) is 3. The van der Waals surface area contributed by atoms with Gasteiger partial charge in [0, 0.05) is 24.2 Å². The van der Waals surface area contributed by atoms with E-state index < -0.39 is 0 Å². The number of alkyl carbamates (subject to hydrolysis) is 2. The van der Waals surface area contributed by atoms with Crippen molar-refractivity contribution in [3.8, 4) is 0 Å². The van der Waals surface area contributed by atoms with E-state index in [1.165, 1.54) is 0 Å². The third kappa shape index (κ3) is 12.8. The van der Waals surface area contributed by atoms with Gasteiger partial charge in [-0.2, -0.15) is 0 Å². The molecule has 2 amide bonds. The third-order valence-corrected chi connectivity index (χ3v) is 4.39. The summed E-state index contributed by atoms with van der Waals surface area (Å²) < 4.78 is 9.45. The molecule has 2 rings (SSSR count). The summed E-state index contributed by atoms with van der Waals surface area (Å²) in [5.74, 6) is 0. The van der Waals surface area contributed by atoms with Crippen molar-refractivity contribution in [3.63, 3.8) is 0 Å². The van der Waals surface area contributed by atoms with Crippen molar-refractivity contribution in [2.45, 2.75) is 39.5 Å². The SMILES string of the molecule is CCOC(=O)NCCCCCCNC(=O)OCC.ON=C(c1ccccc1)c1ccccc1. The molecule has 0 radical (unpaired) electrons. The maximum Gasteiger partial charge on any atom is 0.407 e. The molecule has 0 saturated carbocycles. The fourth-order valence-corrected chi connectivity index (χ4v) is 2.82. The fourth-order valence-electron chi connectivity index (χ4n) is 2.82. The van der Waals surface area contributed by atoms with Gasteiger partial charge in [0.05, 0.1) is 13.2 Å². The molecule has 2 aromatic carbocycles. The number of carbonyl (C=O) groups is 2. The first-order valence-electron chi connectivity index (χ1n) is 11.3. The number of oxime groups is 1. The van der Waals surface area contributed by atoms with Crippen LogP contribution in [0.1, 0.15) is 50.7 Å². The average Bonchev–Trinajstić information content (AvgIpc) is 2.83. The molecule has 0 aliphatic rings. The normalized spacial score (nSPS) is 9.64. The number of ether oxygens (including phenoxy) is 2. The van der Waals surface area contributed by atoms with Crippen LogP contribution in [0, 0.1) is 0 Å². The molecule has 0 aliphatic carbocycles. The number of benzene rings is 2. The summed E-state index contributed by atoms with van der Waals surface area (Å²) in [5, 5.41) is 17.7. The minimum Gasteiger partial charge on any atom is -0.450 e. The van der Waals surface area contributed by atoms with Gasteiger partial charge in [-0.25, -0.2) is 9.59 Å². The number of unbranched alkanes of at least 4 members (excludes halogenated alkanes) is 3. The monoisotopic (exact) mass is 457 g/mol. The molecule has 2 aromatic rings. The highest BCUT2D eigenvalue weighted by Gasteiger charge is 2.05. The van der Waals surface area contributed by atoms with Gasteiger partial charge >= 0.3 is 12.2 Å². The topological polar surface area (TPSA) is 109 Å². The number of hydrogen-bond acceptors (Lipinski definition) is 6. The maximum atomic E-state index is 10.9. The first kappa shape index (κ1) is 27.5. The van der Waals surface area contributed by atoms with Crippen LogP contribution in [0.4, 0.5) is 9.59 Å². The van der Waals surface area contributed by atoms with Gasteiger partial charge in [0.2, 0.25) is 0 Å². The minimum absolute atomic E-state index is 0.360. The lowest BCUT2D eigenvalue weighted by molar-refractivity contribution is 0.150. The van der Waals surface area contributed by atoms with Crippen LogP contribution < -0.4 is 10.6 Å².